The third kappa shape index (κ3) is 9.20. The molecule has 1 aromatic carbocycles. The number of nitrogens with zero attached hydrogens (tertiary/aromatic N) is 2. The van der Waals surface area contributed by atoms with Crippen molar-refractivity contribution in [3.8, 4) is 0 Å². The van der Waals surface area contributed by atoms with E-state index in [0.29, 0.717) is 38.5 Å². The SMILES string of the molecule is CC(C)CC(NC(=O)C(Cc1ccccc1)NC(=O)C(NC(=O)c1cc(CN2CCOCC2)on1)C(C)C)C(=O)[C@@]1(C)CO1. The monoisotopic (exact) mass is 611 g/mol. The van der Waals surface area contributed by atoms with Crippen LogP contribution in [0.15, 0.2) is 40.9 Å². The minimum Gasteiger partial charge on any atom is -0.379 e. The summed E-state index contributed by atoms with van der Waals surface area (Å²) in [4.78, 5) is 55.8. The Bertz CT molecular complexity index is 1280. The van der Waals surface area contributed by atoms with Crippen molar-refractivity contribution in [2.45, 2.75) is 77.7 Å². The van der Waals surface area contributed by atoms with Gasteiger partial charge in [-0.3, -0.25) is 24.1 Å². The first-order valence-corrected chi connectivity index (χ1v) is 15.3. The van der Waals surface area contributed by atoms with Crippen molar-refractivity contribution in [2.75, 3.05) is 32.9 Å². The molecule has 2 fully saturated rings. The van der Waals surface area contributed by atoms with E-state index < -0.39 is 41.4 Å². The number of amides is 3. The quantitative estimate of drug-likeness (QED) is 0.256. The Balaban J connectivity index is 1.45. The molecular formula is C32H45N5O7. The van der Waals surface area contributed by atoms with Crippen LogP contribution in [0.5, 0.6) is 0 Å². The molecule has 2 aliphatic rings. The van der Waals surface area contributed by atoms with E-state index in [-0.39, 0.29) is 29.7 Å². The fourth-order valence-electron chi connectivity index (χ4n) is 5.14. The van der Waals surface area contributed by atoms with Crippen LogP contribution in [0.1, 0.15) is 62.9 Å². The Hall–Kier alpha value is -3.61. The average molecular weight is 612 g/mol. The minimum atomic E-state index is -0.995. The van der Waals surface area contributed by atoms with E-state index in [9.17, 15) is 19.2 Å². The van der Waals surface area contributed by atoms with Crippen molar-refractivity contribution in [1.82, 2.24) is 26.0 Å². The normalized spacial score (nSPS) is 20.5. The molecule has 12 heteroatoms. The summed E-state index contributed by atoms with van der Waals surface area (Å²) in [6.45, 7) is 12.9. The van der Waals surface area contributed by atoms with Gasteiger partial charge in [0, 0.05) is 25.6 Å². The molecule has 4 atom stereocenters. The number of aromatic nitrogens is 1. The molecule has 0 saturated carbocycles. The molecule has 2 aromatic rings. The first kappa shape index (κ1) is 33.3. The molecule has 3 N–H and O–H groups in total. The maximum Gasteiger partial charge on any atom is 0.274 e. The molecule has 2 aliphatic heterocycles. The number of hydrogen-bond acceptors (Lipinski definition) is 9. The summed E-state index contributed by atoms with van der Waals surface area (Å²) < 4.78 is 16.1. The van der Waals surface area contributed by atoms with Gasteiger partial charge in [-0.05, 0) is 30.7 Å². The van der Waals surface area contributed by atoms with E-state index >= 15 is 0 Å². The van der Waals surface area contributed by atoms with Crippen LogP contribution >= 0.6 is 0 Å². The number of benzene rings is 1. The highest BCUT2D eigenvalue weighted by atomic mass is 16.6. The van der Waals surface area contributed by atoms with Gasteiger partial charge in [-0.1, -0.05) is 63.2 Å². The Morgan fingerprint density at radius 1 is 0.955 bits per heavy atom. The van der Waals surface area contributed by atoms with Crippen molar-refractivity contribution in [3.05, 3.63) is 53.4 Å². The van der Waals surface area contributed by atoms with Crippen LogP contribution < -0.4 is 16.0 Å². The van der Waals surface area contributed by atoms with Gasteiger partial charge in [0.05, 0.1) is 32.4 Å². The average Bonchev–Trinajstić information content (AvgIpc) is 3.57. The maximum atomic E-state index is 13.7. The Morgan fingerprint density at radius 2 is 1.61 bits per heavy atom. The molecule has 240 valence electrons. The lowest BCUT2D eigenvalue weighted by molar-refractivity contribution is -0.133. The summed E-state index contributed by atoms with van der Waals surface area (Å²) in [6, 6.07) is 8.16. The molecule has 0 radical (unpaired) electrons. The Kier molecular flexibility index (Phi) is 11.3. The second-order valence-corrected chi connectivity index (χ2v) is 12.6. The van der Waals surface area contributed by atoms with Crippen LogP contribution in [0.3, 0.4) is 0 Å². The number of carbonyl (C=O) groups is 4. The first-order chi connectivity index (χ1) is 20.9. The second kappa shape index (κ2) is 14.9. The van der Waals surface area contributed by atoms with Gasteiger partial charge in [0.2, 0.25) is 11.8 Å². The Labute approximate surface area is 258 Å². The lowest BCUT2D eigenvalue weighted by Gasteiger charge is -2.27. The van der Waals surface area contributed by atoms with Crippen LogP contribution in [0.2, 0.25) is 0 Å². The standard InChI is InChI=1S/C32H45N5O7/c1-20(2)15-24(28(38)32(5)19-43-32)33-29(39)25(16-22-9-7-6-8-10-22)34-31(41)27(21(3)4)35-30(40)26-17-23(44-36-26)18-37-11-13-42-14-12-37/h6-10,17,20-21,24-25,27H,11-16,18-19H2,1-5H3,(H,33,39)(H,34,41)(H,35,40)/t24?,25?,27?,32-/m1/s1. The van der Waals surface area contributed by atoms with Gasteiger partial charge in [0.15, 0.2) is 17.2 Å². The van der Waals surface area contributed by atoms with E-state index in [4.69, 9.17) is 14.0 Å². The topological polar surface area (TPSA) is 155 Å². The Morgan fingerprint density at radius 3 is 2.23 bits per heavy atom. The van der Waals surface area contributed by atoms with Gasteiger partial charge in [-0.2, -0.15) is 0 Å². The largest absolute Gasteiger partial charge is 0.379 e. The number of nitrogens with one attached hydrogen (secondary N) is 3. The molecule has 0 spiro atoms. The molecule has 12 nitrogen and oxygen atoms in total. The number of ketones is 1. The van der Waals surface area contributed by atoms with E-state index in [1.54, 1.807) is 26.8 Å². The lowest BCUT2D eigenvalue weighted by atomic mass is 9.93. The van der Waals surface area contributed by atoms with Gasteiger partial charge >= 0.3 is 0 Å². The zero-order valence-corrected chi connectivity index (χ0v) is 26.3. The van der Waals surface area contributed by atoms with Crippen LogP contribution in [-0.4, -0.2) is 90.2 Å². The summed E-state index contributed by atoms with van der Waals surface area (Å²) in [6.07, 6.45) is 0.632. The number of morpholine rings is 1. The minimum absolute atomic E-state index is 0.0658. The third-order valence-corrected chi connectivity index (χ3v) is 7.86. The van der Waals surface area contributed by atoms with E-state index in [2.05, 4.69) is 26.0 Å². The van der Waals surface area contributed by atoms with Crippen LogP contribution in [0, 0.1) is 11.8 Å². The van der Waals surface area contributed by atoms with Crippen molar-refractivity contribution in [2.24, 2.45) is 11.8 Å². The number of hydrogen-bond donors (Lipinski definition) is 3. The maximum absolute atomic E-state index is 13.7. The van der Waals surface area contributed by atoms with E-state index in [0.717, 1.165) is 18.7 Å². The third-order valence-electron chi connectivity index (χ3n) is 7.86. The molecule has 3 heterocycles. The fourth-order valence-corrected chi connectivity index (χ4v) is 5.14. The molecule has 3 unspecified atom stereocenters. The summed E-state index contributed by atoms with van der Waals surface area (Å²) in [5.74, 6) is -1.37. The molecule has 3 amide bonds. The van der Waals surface area contributed by atoms with Gasteiger partial charge in [0.1, 0.15) is 17.7 Å². The molecule has 0 bridgehead atoms. The predicted molar refractivity (Wildman–Crippen MR) is 162 cm³/mol. The molecule has 2 saturated heterocycles. The fraction of sp³-hybridized carbons (Fsp3) is 0.594. The predicted octanol–water partition coefficient (Wildman–Crippen LogP) is 1.88. The molecular weight excluding hydrogens is 566 g/mol. The van der Waals surface area contributed by atoms with Crippen molar-refractivity contribution in [3.63, 3.8) is 0 Å². The number of carbonyl (C=O) groups excluding carboxylic acids is 4. The van der Waals surface area contributed by atoms with Crippen LogP contribution in [-0.2, 0) is 36.8 Å². The number of epoxide rings is 1. The van der Waals surface area contributed by atoms with Gasteiger partial charge in [-0.25, -0.2) is 0 Å². The second-order valence-electron chi connectivity index (χ2n) is 12.6. The summed E-state index contributed by atoms with van der Waals surface area (Å²) >= 11 is 0. The van der Waals surface area contributed by atoms with Gasteiger partial charge in [0.25, 0.3) is 5.91 Å². The summed E-state index contributed by atoms with van der Waals surface area (Å²) in [5, 5.41) is 12.4. The molecule has 44 heavy (non-hydrogen) atoms. The van der Waals surface area contributed by atoms with Crippen LogP contribution in [0.25, 0.3) is 0 Å². The zero-order chi connectivity index (χ0) is 31.9. The van der Waals surface area contributed by atoms with Crippen molar-refractivity contribution in [1.29, 1.82) is 0 Å². The number of Topliss-reactive ketones (excluding diaryl/α,β-unsaturated/α-hetero) is 1. The molecule has 4 rings (SSSR count). The van der Waals surface area contributed by atoms with Crippen LogP contribution in [0.4, 0.5) is 0 Å². The lowest BCUT2D eigenvalue weighted by Crippen LogP contribution is -2.58. The van der Waals surface area contributed by atoms with Crippen molar-refractivity contribution >= 4 is 23.5 Å². The van der Waals surface area contributed by atoms with E-state index in [1.807, 2.05) is 44.2 Å². The van der Waals surface area contributed by atoms with Crippen molar-refractivity contribution < 1.29 is 33.2 Å². The zero-order valence-electron chi connectivity index (χ0n) is 26.3. The molecule has 0 aliphatic carbocycles. The van der Waals surface area contributed by atoms with Gasteiger partial charge in [-0.15, -0.1) is 0 Å². The van der Waals surface area contributed by atoms with Gasteiger partial charge < -0.3 is 29.9 Å². The molecule has 1 aromatic heterocycles. The smallest absolute Gasteiger partial charge is 0.274 e. The summed E-state index contributed by atoms with van der Waals surface area (Å²) in [7, 11) is 0. The number of rotatable bonds is 15. The highest BCUT2D eigenvalue weighted by Crippen LogP contribution is 2.29. The van der Waals surface area contributed by atoms with E-state index in [1.165, 1.54) is 0 Å². The summed E-state index contributed by atoms with van der Waals surface area (Å²) in [5.41, 5.74) is -0.00452. The highest BCUT2D eigenvalue weighted by molar-refractivity contribution is 5.99. The number of ether oxygens (including phenoxy) is 2. The first-order valence-electron chi connectivity index (χ1n) is 15.3. The highest BCUT2D eigenvalue weighted by Gasteiger charge is 2.50.